The van der Waals surface area contributed by atoms with E-state index in [9.17, 15) is 13.9 Å². The van der Waals surface area contributed by atoms with Gasteiger partial charge in [0.1, 0.15) is 11.4 Å². The third kappa shape index (κ3) is 3.11. The molecule has 0 unspecified atom stereocenters. The van der Waals surface area contributed by atoms with Crippen LogP contribution in [0, 0.1) is 11.6 Å². The topological polar surface area (TPSA) is 85.2 Å². The van der Waals surface area contributed by atoms with Crippen molar-refractivity contribution in [2.24, 2.45) is 0 Å². The van der Waals surface area contributed by atoms with Crippen molar-refractivity contribution in [2.45, 2.75) is 10.9 Å². The molecule has 0 saturated heterocycles. The fourth-order valence-electron chi connectivity index (χ4n) is 1.91. The molecule has 118 valence electrons. The smallest absolute Gasteiger partial charge is 0.239 e. The molecule has 0 aliphatic rings. The van der Waals surface area contributed by atoms with Crippen molar-refractivity contribution in [3.05, 3.63) is 53.8 Å². The van der Waals surface area contributed by atoms with Crippen LogP contribution in [0.5, 0.6) is 5.88 Å². The summed E-state index contributed by atoms with van der Waals surface area (Å²) in [6.07, 6.45) is 1.45. The summed E-state index contributed by atoms with van der Waals surface area (Å²) in [6.45, 7) is 0. The molecular weight excluding hydrogens is 324 g/mol. The molecule has 2 aromatic heterocycles. The van der Waals surface area contributed by atoms with Gasteiger partial charge in [-0.25, -0.2) is 13.8 Å². The summed E-state index contributed by atoms with van der Waals surface area (Å²) in [6, 6.07) is 7.23. The van der Waals surface area contributed by atoms with Crippen LogP contribution in [0.25, 0.3) is 11.5 Å². The molecule has 5 nitrogen and oxygen atoms in total. The number of nitrogens with two attached hydrogens (primary N) is 1. The van der Waals surface area contributed by atoms with Gasteiger partial charge in [0.2, 0.25) is 5.88 Å². The predicted molar refractivity (Wildman–Crippen MR) is 81.7 cm³/mol. The molecule has 3 aromatic rings. The fraction of sp³-hybridized carbons (Fsp3) is 0.0667. The van der Waals surface area contributed by atoms with Gasteiger partial charge in [-0.1, -0.05) is 23.9 Å². The minimum absolute atomic E-state index is 0.0127. The normalized spacial score (nSPS) is 10.9. The van der Waals surface area contributed by atoms with E-state index >= 15 is 0 Å². The minimum atomic E-state index is -0.916. The molecular formula is C15H11F2N3O2S. The average molecular weight is 335 g/mol. The van der Waals surface area contributed by atoms with Crippen molar-refractivity contribution < 1.29 is 18.3 Å². The van der Waals surface area contributed by atoms with Crippen LogP contribution in [0.15, 0.2) is 46.2 Å². The summed E-state index contributed by atoms with van der Waals surface area (Å²) in [7, 11) is 0. The molecule has 0 aliphatic heterocycles. The third-order valence-corrected chi connectivity index (χ3v) is 3.94. The first kappa shape index (κ1) is 15.3. The number of halogens is 2. The highest BCUT2D eigenvalue weighted by Gasteiger charge is 2.16. The molecule has 0 saturated carbocycles. The number of anilines is 1. The summed E-state index contributed by atoms with van der Waals surface area (Å²) in [5.74, 6) is -1.75. The van der Waals surface area contributed by atoms with Crippen LogP contribution < -0.4 is 5.73 Å². The zero-order chi connectivity index (χ0) is 16.4. The van der Waals surface area contributed by atoms with Crippen molar-refractivity contribution >= 4 is 17.4 Å². The molecule has 0 aliphatic carbocycles. The lowest BCUT2D eigenvalue weighted by Gasteiger charge is -2.07. The Morgan fingerprint density at radius 1 is 1.17 bits per heavy atom. The lowest BCUT2D eigenvalue weighted by molar-refractivity contribution is 0.448. The van der Waals surface area contributed by atoms with E-state index in [1.54, 1.807) is 12.1 Å². The predicted octanol–water partition coefficient (Wildman–Crippen LogP) is 3.59. The number of aromatic hydroxyl groups is 1. The number of nitrogens with zero attached hydrogens (tertiary/aromatic N) is 2. The molecule has 0 amide bonds. The molecule has 0 radical (unpaired) electrons. The first-order valence-corrected chi connectivity index (χ1v) is 7.51. The van der Waals surface area contributed by atoms with Crippen LogP contribution in [0.3, 0.4) is 0 Å². The Morgan fingerprint density at radius 2 is 2.00 bits per heavy atom. The first-order valence-electron chi connectivity index (χ1n) is 6.52. The van der Waals surface area contributed by atoms with E-state index in [1.165, 1.54) is 18.4 Å². The van der Waals surface area contributed by atoms with Crippen LogP contribution in [-0.2, 0) is 5.75 Å². The van der Waals surface area contributed by atoms with Crippen LogP contribution in [0.2, 0.25) is 0 Å². The van der Waals surface area contributed by atoms with Crippen molar-refractivity contribution in [3.8, 4) is 17.3 Å². The number of hydrogen-bond donors (Lipinski definition) is 2. The zero-order valence-corrected chi connectivity index (χ0v) is 12.5. The SMILES string of the molecule is Nc1c(O)nc(SCc2cccc(F)c2F)nc1-c1ccco1. The van der Waals surface area contributed by atoms with Gasteiger partial charge < -0.3 is 15.3 Å². The van der Waals surface area contributed by atoms with Crippen LogP contribution in [0.4, 0.5) is 14.5 Å². The van der Waals surface area contributed by atoms with E-state index < -0.39 is 17.5 Å². The molecule has 3 rings (SSSR count). The molecule has 1 aromatic carbocycles. The Bertz CT molecular complexity index is 841. The highest BCUT2D eigenvalue weighted by molar-refractivity contribution is 7.98. The molecule has 0 atom stereocenters. The highest BCUT2D eigenvalue weighted by atomic mass is 32.2. The average Bonchev–Trinajstić information content (AvgIpc) is 3.06. The van der Waals surface area contributed by atoms with Gasteiger partial charge in [0, 0.05) is 11.3 Å². The second kappa shape index (κ2) is 6.25. The molecule has 0 bridgehead atoms. The van der Waals surface area contributed by atoms with E-state index in [2.05, 4.69) is 9.97 Å². The van der Waals surface area contributed by atoms with Crippen LogP contribution in [-0.4, -0.2) is 15.1 Å². The van der Waals surface area contributed by atoms with Gasteiger partial charge in [0.15, 0.2) is 22.6 Å². The zero-order valence-electron chi connectivity index (χ0n) is 11.7. The Morgan fingerprint density at radius 3 is 2.74 bits per heavy atom. The summed E-state index contributed by atoms with van der Waals surface area (Å²) >= 11 is 1.04. The fourth-order valence-corrected chi connectivity index (χ4v) is 2.72. The summed E-state index contributed by atoms with van der Waals surface area (Å²) in [5.41, 5.74) is 6.14. The minimum Gasteiger partial charge on any atom is -0.492 e. The Hall–Kier alpha value is -2.61. The van der Waals surface area contributed by atoms with Gasteiger partial charge >= 0.3 is 0 Å². The van der Waals surface area contributed by atoms with Crippen molar-refractivity contribution in [1.82, 2.24) is 9.97 Å². The third-order valence-electron chi connectivity index (χ3n) is 3.05. The van der Waals surface area contributed by atoms with Gasteiger partial charge in [0.25, 0.3) is 0 Å². The molecule has 23 heavy (non-hydrogen) atoms. The van der Waals surface area contributed by atoms with E-state index in [0.29, 0.717) is 5.76 Å². The van der Waals surface area contributed by atoms with Crippen molar-refractivity contribution in [3.63, 3.8) is 0 Å². The maximum absolute atomic E-state index is 13.6. The molecule has 2 heterocycles. The maximum atomic E-state index is 13.6. The Labute approximate surface area is 134 Å². The number of hydrogen-bond acceptors (Lipinski definition) is 6. The van der Waals surface area contributed by atoms with Gasteiger partial charge in [-0.05, 0) is 18.2 Å². The second-order valence-corrected chi connectivity index (χ2v) is 5.51. The van der Waals surface area contributed by atoms with E-state index in [1.807, 2.05) is 0 Å². The Balaban J connectivity index is 1.88. The number of benzene rings is 1. The lowest BCUT2D eigenvalue weighted by atomic mass is 10.2. The molecule has 3 N–H and O–H groups in total. The van der Waals surface area contributed by atoms with Gasteiger partial charge in [0.05, 0.1) is 6.26 Å². The van der Waals surface area contributed by atoms with Crippen LogP contribution in [0.1, 0.15) is 5.56 Å². The first-order chi connectivity index (χ1) is 11.1. The van der Waals surface area contributed by atoms with E-state index in [0.717, 1.165) is 17.8 Å². The number of thioether (sulfide) groups is 1. The second-order valence-electron chi connectivity index (χ2n) is 4.57. The van der Waals surface area contributed by atoms with E-state index in [-0.39, 0.29) is 27.9 Å². The number of aromatic nitrogens is 2. The number of furan rings is 1. The molecule has 0 fully saturated rings. The summed E-state index contributed by atoms with van der Waals surface area (Å²) in [5, 5.41) is 9.98. The highest BCUT2D eigenvalue weighted by Crippen LogP contribution is 2.33. The Kier molecular flexibility index (Phi) is 4.16. The molecule has 0 spiro atoms. The quantitative estimate of drug-likeness (QED) is 0.560. The number of rotatable bonds is 4. The molecule has 8 heteroatoms. The lowest BCUT2D eigenvalue weighted by Crippen LogP contribution is -1.99. The van der Waals surface area contributed by atoms with Crippen molar-refractivity contribution in [2.75, 3.05) is 5.73 Å². The van der Waals surface area contributed by atoms with Gasteiger partial charge in [-0.2, -0.15) is 4.98 Å². The summed E-state index contributed by atoms with van der Waals surface area (Å²) < 4.78 is 32.0. The number of nitrogen functional groups attached to an aromatic ring is 1. The van der Waals surface area contributed by atoms with Crippen LogP contribution >= 0.6 is 11.8 Å². The van der Waals surface area contributed by atoms with Gasteiger partial charge in [-0.3, -0.25) is 0 Å². The largest absolute Gasteiger partial charge is 0.492 e. The monoisotopic (exact) mass is 335 g/mol. The van der Waals surface area contributed by atoms with Crippen molar-refractivity contribution in [1.29, 1.82) is 0 Å². The maximum Gasteiger partial charge on any atom is 0.239 e. The summed E-state index contributed by atoms with van der Waals surface area (Å²) in [4.78, 5) is 8.03. The van der Waals surface area contributed by atoms with E-state index in [4.69, 9.17) is 10.2 Å². The standard InChI is InChI=1S/C15H11F2N3O2S/c16-9-4-1-3-8(11(9)17)7-23-15-19-13(10-5-2-6-22-10)12(18)14(21)20-15/h1-6H,7,18H2,(H,19,20,21). The van der Waals surface area contributed by atoms with Gasteiger partial charge in [-0.15, -0.1) is 0 Å².